The lowest BCUT2D eigenvalue weighted by Crippen LogP contribution is -2.34. The van der Waals surface area contributed by atoms with Crippen LogP contribution in [0.4, 0.5) is 16.2 Å². The molecule has 0 bridgehead atoms. The molecule has 3 amide bonds. The molecular weight excluding hydrogens is 352 g/mol. The molecule has 3 N–H and O–H groups in total. The number of carbonyl (C=O) groups excluding carboxylic acids is 2. The predicted molar refractivity (Wildman–Crippen MR) is 113 cm³/mol. The molecule has 6 heteroatoms. The van der Waals surface area contributed by atoms with E-state index >= 15 is 0 Å². The molecule has 2 aromatic carbocycles. The van der Waals surface area contributed by atoms with Gasteiger partial charge in [-0.15, -0.1) is 0 Å². The number of rotatable bonds is 5. The molecule has 1 heterocycles. The molecule has 1 fully saturated rings. The predicted octanol–water partition coefficient (Wildman–Crippen LogP) is 3.31. The highest BCUT2D eigenvalue weighted by Gasteiger charge is 2.23. The highest BCUT2D eigenvalue weighted by molar-refractivity contribution is 5.96. The van der Waals surface area contributed by atoms with Crippen LogP contribution in [-0.4, -0.2) is 38.6 Å². The monoisotopic (exact) mass is 380 g/mol. The molecule has 6 nitrogen and oxygen atoms in total. The molecule has 0 spiro atoms. The van der Waals surface area contributed by atoms with Crippen molar-refractivity contribution < 1.29 is 9.59 Å². The van der Waals surface area contributed by atoms with Gasteiger partial charge in [-0.25, -0.2) is 4.79 Å². The number of para-hydroxylation sites is 1. The molecule has 1 aliphatic heterocycles. The second kappa shape index (κ2) is 8.78. The van der Waals surface area contributed by atoms with Crippen LogP contribution in [0.3, 0.4) is 0 Å². The summed E-state index contributed by atoms with van der Waals surface area (Å²) in [5.74, 6) is 0.292. The summed E-state index contributed by atoms with van der Waals surface area (Å²) < 4.78 is 0. The lowest BCUT2D eigenvalue weighted by Gasteiger charge is -2.21. The van der Waals surface area contributed by atoms with Crippen molar-refractivity contribution in [1.82, 2.24) is 10.6 Å². The normalized spacial score (nSPS) is 16.0. The van der Waals surface area contributed by atoms with Crippen molar-refractivity contribution in [2.45, 2.75) is 20.3 Å². The van der Waals surface area contributed by atoms with Crippen LogP contribution in [0.1, 0.15) is 27.9 Å². The van der Waals surface area contributed by atoms with Crippen molar-refractivity contribution >= 4 is 23.3 Å². The molecule has 0 aromatic heterocycles. The van der Waals surface area contributed by atoms with E-state index in [1.807, 2.05) is 6.92 Å². The van der Waals surface area contributed by atoms with E-state index in [0.717, 1.165) is 25.1 Å². The first-order valence-corrected chi connectivity index (χ1v) is 9.66. The Balaban J connectivity index is 1.50. The highest BCUT2D eigenvalue weighted by Crippen LogP contribution is 2.26. The number of nitrogens with one attached hydrogen (secondary N) is 3. The molecule has 0 radical (unpaired) electrons. The maximum Gasteiger partial charge on any atom is 0.319 e. The largest absolute Gasteiger partial charge is 0.371 e. The molecule has 1 aliphatic rings. The van der Waals surface area contributed by atoms with E-state index in [-0.39, 0.29) is 11.9 Å². The van der Waals surface area contributed by atoms with Gasteiger partial charge in [-0.2, -0.15) is 0 Å². The smallest absolute Gasteiger partial charge is 0.319 e. The number of benzene rings is 2. The van der Waals surface area contributed by atoms with Crippen LogP contribution in [0.2, 0.25) is 0 Å². The van der Waals surface area contributed by atoms with E-state index in [2.05, 4.69) is 52.0 Å². The Bertz CT molecular complexity index is 865. The standard InChI is InChI=1S/C22H28N4O2/c1-15-6-4-5-7-20(15)26-11-10-17(14-26)13-24-22(28)25-19-9-8-18(12-16(19)2)21(27)23-3/h4-9,12,17H,10-11,13-14H2,1-3H3,(H,23,27)(H2,24,25,28). The van der Waals surface area contributed by atoms with Gasteiger partial charge in [0.1, 0.15) is 0 Å². The number of urea groups is 1. The molecule has 1 unspecified atom stereocenters. The van der Waals surface area contributed by atoms with Gasteiger partial charge >= 0.3 is 6.03 Å². The highest BCUT2D eigenvalue weighted by atomic mass is 16.2. The summed E-state index contributed by atoms with van der Waals surface area (Å²) >= 11 is 0. The number of hydrogen-bond acceptors (Lipinski definition) is 3. The Kier molecular flexibility index (Phi) is 6.19. The van der Waals surface area contributed by atoms with Crippen molar-refractivity contribution in [3.63, 3.8) is 0 Å². The maximum absolute atomic E-state index is 12.3. The lowest BCUT2D eigenvalue weighted by molar-refractivity contribution is 0.0963. The number of anilines is 2. The number of hydrogen-bond donors (Lipinski definition) is 3. The Morgan fingerprint density at radius 3 is 2.61 bits per heavy atom. The number of aryl methyl sites for hydroxylation is 2. The van der Waals surface area contributed by atoms with E-state index in [0.29, 0.717) is 23.7 Å². The van der Waals surface area contributed by atoms with Gasteiger partial charge in [-0.05, 0) is 61.6 Å². The van der Waals surface area contributed by atoms with Gasteiger partial charge in [-0.1, -0.05) is 18.2 Å². The van der Waals surface area contributed by atoms with Crippen molar-refractivity contribution in [2.75, 3.05) is 36.9 Å². The second-order valence-corrected chi connectivity index (χ2v) is 7.33. The molecule has 148 valence electrons. The van der Waals surface area contributed by atoms with Crippen LogP contribution < -0.4 is 20.9 Å². The zero-order valence-corrected chi connectivity index (χ0v) is 16.7. The topological polar surface area (TPSA) is 73.5 Å². The Labute approximate surface area is 166 Å². The first-order chi connectivity index (χ1) is 13.5. The fourth-order valence-electron chi connectivity index (χ4n) is 3.63. The van der Waals surface area contributed by atoms with Crippen LogP contribution >= 0.6 is 0 Å². The van der Waals surface area contributed by atoms with Crippen molar-refractivity contribution in [3.05, 3.63) is 59.2 Å². The van der Waals surface area contributed by atoms with Gasteiger partial charge in [0.15, 0.2) is 0 Å². The second-order valence-electron chi connectivity index (χ2n) is 7.33. The van der Waals surface area contributed by atoms with E-state index < -0.39 is 0 Å². The van der Waals surface area contributed by atoms with Crippen molar-refractivity contribution in [1.29, 1.82) is 0 Å². The number of nitrogens with zero attached hydrogens (tertiary/aromatic N) is 1. The Hall–Kier alpha value is -3.02. The SMILES string of the molecule is CNC(=O)c1ccc(NC(=O)NCC2CCN(c3ccccc3C)C2)c(C)c1. The fourth-order valence-corrected chi connectivity index (χ4v) is 3.63. The van der Waals surface area contributed by atoms with Crippen LogP contribution in [0.25, 0.3) is 0 Å². The number of amides is 3. The molecule has 1 atom stereocenters. The van der Waals surface area contributed by atoms with Gasteiger partial charge in [0, 0.05) is 43.6 Å². The summed E-state index contributed by atoms with van der Waals surface area (Å²) in [6.45, 7) is 6.61. The quantitative estimate of drug-likeness (QED) is 0.745. The minimum Gasteiger partial charge on any atom is -0.371 e. The van der Waals surface area contributed by atoms with E-state index in [1.165, 1.54) is 11.3 Å². The fraction of sp³-hybridized carbons (Fsp3) is 0.364. The lowest BCUT2D eigenvalue weighted by atomic mass is 10.1. The average molecular weight is 380 g/mol. The molecule has 0 saturated carbocycles. The first-order valence-electron chi connectivity index (χ1n) is 9.66. The van der Waals surface area contributed by atoms with Gasteiger partial charge in [0.05, 0.1) is 0 Å². The van der Waals surface area contributed by atoms with Gasteiger partial charge in [-0.3, -0.25) is 4.79 Å². The molecule has 0 aliphatic carbocycles. The zero-order valence-electron chi connectivity index (χ0n) is 16.7. The average Bonchev–Trinajstić information content (AvgIpc) is 3.16. The van der Waals surface area contributed by atoms with Gasteiger partial charge < -0.3 is 20.9 Å². The minimum atomic E-state index is -0.217. The molecular formula is C22H28N4O2. The summed E-state index contributed by atoms with van der Waals surface area (Å²) in [7, 11) is 1.60. The minimum absolute atomic E-state index is 0.140. The number of carbonyl (C=O) groups is 2. The van der Waals surface area contributed by atoms with Gasteiger partial charge in [0.2, 0.25) is 0 Å². The summed E-state index contributed by atoms with van der Waals surface area (Å²) in [5.41, 5.74) is 4.69. The zero-order chi connectivity index (χ0) is 20.1. The van der Waals surface area contributed by atoms with Crippen LogP contribution in [0.5, 0.6) is 0 Å². The van der Waals surface area contributed by atoms with Gasteiger partial charge in [0.25, 0.3) is 5.91 Å². The first kappa shape index (κ1) is 19.7. The molecule has 1 saturated heterocycles. The molecule has 28 heavy (non-hydrogen) atoms. The molecule has 3 rings (SSSR count). The maximum atomic E-state index is 12.3. The van der Waals surface area contributed by atoms with Crippen LogP contribution in [0.15, 0.2) is 42.5 Å². The van der Waals surface area contributed by atoms with Crippen LogP contribution in [-0.2, 0) is 0 Å². The third-order valence-electron chi connectivity index (χ3n) is 5.26. The summed E-state index contributed by atoms with van der Waals surface area (Å²) in [6.07, 6.45) is 1.06. The Morgan fingerprint density at radius 2 is 1.89 bits per heavy atom. The summed E-state index contributed by atoms with van der Waals surface area (Å²) in [4.78, 5) is 26.4. The Morgan fingerprint density at radius 1 is 1.11 bits per heavy atom. The van der Waals surface area contributed by atoms with E-state index in [1.54, 1.807) is 25.2 Å². The third-order valence-corrected chi connectivity index (χ3v) is 5.26. The van der Waals surface area contributed by atoms with E-state index in [4.69, 9.17) is 0 Å². The third kappa shape index (κ3) is 4.63. The molecule has 2 aromatic rings. The van der Waals surface area contributed by atoms with E-state index in [9.17, 15) is 9.59 Å². The van der Waals surface area contributed by atoms with Crippen molar-refractivity contribution in [3.8, 4) is 0 Å². The summed E-state index contributed by atoms with van der Waals surface area (Å²) in [6, 6.07) is 13.4. The summed E-state index contributed by atoms with van der Waals surface area (Å²) in [5, 5.41) is 8.45. The van der Waals surface area contributed by atoms with Crippen LogP contribution in [0, 0.1) is 19.8 Å². The van der Waals surface area contributed by atoms with Crippen molar-refractivity contribution in [2.24, 2.45) is 5.92 Å².